The molecule has 2 atom stereocenters. The number of carboxylic acids is 1. The topological polar surface area (TPSA) is 89.9 Å². The van der Waals surface area contributed by atoms with Crippen molar-refractivity contribution in [2.24, 2.45) is 5.41 Å². The highest BCUT2D eigenvalue weighted by atomic mass is 16.6. The quantitative estimate of drug-likeness (QED) is 0.539. The molecular weight excluding hydrogens is 264 g/mol. The van der Waals surface area contributed by atoms with E-state index in [4.69, 9.17) is 9.47 Å². The molecule has 0 fully saturated rings. The van der Waals surface area contributed by atoms with E-state index in [-0.39, 0.29) is 6.42 Å². The third-order valence-electron chi connectivity index (χ3n) is 3.35. The van der Waals surface area contributed by atoms with Crippen LogP contribution in [0.3, 0.4) is 0 Å². The molecule has 20 heavy (non-hydrogen) atoms. The Balaban J connectivity index is 5.42. The maximum absolute atomic E-state index is 11.6. The molecule has 0 aliphatic heterocycles. The lowest BCUT2D eigenvalue weighted by molar-refractivity contribution is -0.182. The van der Waals surface area contributed by atoms with E-state index in [1.54, 1.807) is 6.92 Å². The first kappa shape index (κ1) is 17.9. The molecule has 0 radical (unpaired) electrons. The number of carbonyl (C=O) groups excluding carboxylic acids is 2. The molecule has 0 spiro atoms. The van der Waals surface area contributed by atoms with Crippen molar-refractivity contribution in [2.75, 3.05) is 0 Å². The van der Waals surface area contributed by atoms with Crippen molar-refractivity contribution in [2.45, 2.75) is 39.4 Å². The Morgan fingerprint density at radius 1 is 1.10 bits per heavy atom. The van der Waals surface area contributed by atoms with Gasteiger partial charge >= 0.3 is 17.9 Å². The normalized spacial score (nSPS) is 16.1. The molecule has 0 bridgehead atoms. The van der Waals surface area contributed by atoms with Crippen molar-refractivity contribution in [3.05, 3.63) is 25.3 Å². The van der Waals surface area contributed by atoms with Crippen LogP contribution in [0.25, 0.3) is 0 Å². The summed E-state index contributed by atoms with van der Waals surface area (Å²) >= 11 is 0. The van der Waals surface area contributed by atoms with Gasteiger partial charge in [-0.3, -0.25) is 4.79 Å². The highest BCUT2D eigenvalue weighted by Gasteiger charge is 2.51. The van der Waals surface area contributed by atoms with Crippen molar-refractivity contribution < 1.29 is 29.0 Å². The molecule has 0 aliphatic rings. The number of hydrogen-bond acceptors (Lipinski definition) is 5. The number of hydrogen-bond donors (Lipinski definition) is 1. The first-order valence-electron chi connectivity index (χ1n) is 6.15. The highest BCUT2D eigenvalue weighted by Crippen LogP contribution is 2.35. The number of carbonyl (C=O) groups is 3. The predicted octanol–water partition coefficient (Wildman–Crippen LogP) is 1.70. The molecule has 6 nitrogen and oxygen atoms in total. The number of ether oxygens (including phenoxy) is 2. The second-order valence-electron chi connectivity index (χ2n) is 4.27. The lowest BCUT2D eigenvalue weighted by Crippen LogP contribution is -2.51. The highest BCUT2D eigenvalue weighted by molar-refractivity contribution is 5.84. The van der Waals surface area contributed by atoms with E-state index in [9.17, 15) is 19.5 Å². The average molecular weight is 284 g/mol. The molecule has 0 amide bonds. The summed E-state index contributed by atoms with van der Waals surface area (Å²) in [6, 6.07) is 0. The van der Waals surface area contributed by atoms with Gasteiger partial charge in [0.1, 0.15) is 17.6 Å². The molecule has 0 heterocycles. The molecule has 0 saturated heterocycles. The van der Waals surface area contributed by atoms with Gasteiger partial charge in [-0.2, -0.15) is 0 Å². The minimum Gasteiger partial charge on any atom is -0.481 e. The summed E-state index contributed by atoms with van der Waals surface area (Å²) in [6.07, 6.45) is 0.00367. The van der Waals surface area contributed by atoms with Crippen LogP contribution < -0.4 is 0 Å². The Kier molecular flexibility index (Phi) is 6.68. The van der Waals surface area contributed by atoms with Gasteiger partial charge in [-0.05, 0) is 20.3 Å². The van der Waals surface area contributed by atoms with Gasteiger partial charge < -0.3 is 14.6 Å². The fourth-order valence-electron chi connectivity index (χ4n) is 2.06. The first-order chi connectivity index (χ1) is 9.25. The van der Waals surface area contributed by atoms with Crippen LogP contribution in [-0.2, 0) is 23.9 Å². The zero-order chi connectivity index (χ0) is 15.9. The van der Waals surface area contributed by atoms with Crippen LogP contribution >= 0.6 is 0 Å². The molecule has 0 aliphatic carbocycles. The van der Waals surface area contributed by atoms with E-state index >= 15 is 0 Å². The smallest absolute Gasteiger partial charge is 0.330 e. The minimum atomic E-state index is -1.54. The zero-order valence-electron chi connectivity index (χ0n) is 11.9. The molecule has 0 aromatic heterocycles. The van der Waals surface area contributed by atoms with E-state index in [0.29, 0.717) is 0 Å². The third kappa shape index (κ3) is 3.69. The first-order valence-corrected chi connectivity index (χ1v) is 6.15. The SMILES string of the molecule is C=CC(=O)OC(C)C(CC)(C(=O)O)C(C)OC(=O)C=C. The van der Waals surface area contributed by atoms with Crippen molar-refractivity contribution >= 4 is 17.9 Å². The molecule has 0 rings (SSSR count). The standard InChI is InChI=1S/C14H20O6/c1-6-11(15)19-9(4)14(8-3,13(17)18)10(5)20-12(16)7-2/h6-7,9-10H,1-2,8H2,3-5H3,(H,17,18). The fraction of sp³-hybridized carbons (Fsp3) is 0.500. The molecule has 1 N–H and O–H groups in total. The van der Waals surface area contributed by atoms with Crippen LogP contribution in [0, 0.1) is 5.41 Å². The van der Waals surface area contributed by atoms with E-state index in [1.807, 2.05) is 0 Å². The Hall–Kier alpha value is -2.11. The van der Waals surface area contributed by atoms with E-state index in [1.165, 1.54) is 13.8 Å². The summed E-state index contributed by atoms with van der Waals surface area (Å²) in [5.41, 5.74) is -1.54. The number of esters is 2. The molecule has 2 unspecified atom stereocenters. The summed E-state index contributed by atoms with van der Waals surface area (Å²) in [7, 11) is 0. The van der Waals surface area contributed by atoms with Gasteiger partial charge in [0, 0.05) is 12.2 Å². The van der Waals surface area contributed by atoms with Crippen LogP contribution in [-0.4, -0.2) is 35.2 Å². The van der Waals surface area contributed by atoms with E-state index in [0.717, 1.165) is 12.2 Å². The van der Waals surface area contributed by atoms with Gasteiger partial charge in [-0.15, -0.1) is 0 Å². The summed E-state index contributed by atoms with van der Waals surface area (Å²) in [4.78, 5) is 34.1. The van der Waals surface area contributed by atoms with Crippen molar-refractivity contribution in [1.29, 1.82) is 0 Å². The van der Waals surface area contributed by atoms with Gasteiger partial charge in [0.15, 0.2) is 0 Å². The molecule has 112 valence electrons. The van der Waals surface area contributed by atoms with E-state index in [2.05, 4.69) is 13.2 Å². The Morgan fingerprint density at radius 2 is 1.45 bits per heavy atom. The number of aliphatic carboxylic acids is 1. The lowest BCUT2D eigenvalue weighted by Gasteiger charge is -2.37. The van der Waals surface area contributed by atoms with Crippen LogP contribution in [0.2, 0.25) is 0 Å². The van der Waals surface area contributed by atoms with E-state index < -0.39 is 35.5 Å². The maximum atomic E-state index is 11.6. The van der Waals surface area contributed by atoms with Gasteiger partial charge in [0.2, 0.25) is 0 Å². The third-order valence-corrected chi connectivity index (χ3v) is 3.35. The molecular formula is C14H20O6. The Morgan fingerprint density at radius 3 is 1.65 bits per heavy atom. The zero-order valence-corrected chi connectivity index (χ0v) is 11.9. The average Bonchev–Trinajstić information content (AvgIpc) is 2.39. The van der Waals surface area contributed by atoms with Gasteiger partial charge in [-0.1, -0.05) is 20.1 Å². The van der Waals surface area contributed by atoms with Gasteiger partial charge in [0.25, 0.3) is 0 Å². The fourth-order valence-corrected chi connectivity index (χ4v) is 2.06. The van der Waals surface area contributed by atoms with Crippen molar-refractivity contribution in [3.8, 4) is 0 Å². The maximum Gasteiger partial charge on any atom is 0.330 e. The monoisotopic (exact) mass is 284 g/mol. The summed E-state index contributed by atoms with van der Waals surface area (Å²) in [5, 5.41) is 9.50. The molecule has 0 aromatic rings. The summed E-state index contributed by atoms with van der Waals surface area (Å²) in [5.74, 6) is -2.69. The second kappa shape index (κ2) is 7.47. The Labute approximate surface area is 118 Å². The lowest BCUT2D eigenvalue weighted by atomic mass is 9.75. The molecule has 6 heteroatoms. The minimum absolute atomic E-state index is 0.111. The van der Waals surface area contributed by atoms with Crippen LogP contribution in [0.1, 0.15) is 27.2 Å². The number of carboxylic acid groups (broad SMARTS) is 1. The predicted molar refractivity (Wildman–Crippen MR) is 71.9 cm³/mol. The van der Waals surface area contributed by atoms with Gasteiger partial charge in [-0.25, -0.2) is 9.59 Å². The van der Waals surface area contributed by atoms with Crippen LogP contribution in [0.4, 0.5) is 0 Å². The van der Waals surface area contributed by atoms with Gasteiger partial charge in [0.05, 0.1) is 0 Å². The van der Waals surface area contributed by atoms with Crippen LogP contribution in [0.5, 0.6) is 0 Å². The second-order valence-corrected chi connectivity index (χ2v) is 4.27. The molecule has 0 aromatic carbocycles. The summed E-state index contributed by atoms with van der Waals surface area (Å²) in [6.45, 7) is 11.0. The van der Waals surface area contributed by atoms with Crippen molar-refractivity contribution in [3.63, 3.8) is 0 Å². The van der Waals surface area contributed by atoms with Crippen LogP contribution in [0.15, 0.2) is 25.3 Å². The molecule has 0 saturated carbocycles. The summed E-state index contributed by atoms with van der Waals surface area (Å²) < 4.78 is 10.00. The van der Waals surface area contributed by atoms with Crippen molar-refractivity contribution in [1.82, 2.24) is 0 Å². The number of rotatable bonds is 8. The largest absolute Gasteiger partial charge is 0.481 e. The Bertz CT molecular complexity index is 384.